The van der Waals surface area contributed by atoms with Gasteiger partial charge < -0.3 is 9.47 Å². The fraction of sp³-hybridized carbons (Fsp3) is 0.0588. The molecule has 0 aromatic heterocycles. The number of carbonyl (C=O) groups excluding carboxylic acids is 2. The van der Waals surface area contributed by atoms with Crippen LogP contribution in [0.3, 0.4) is 0 Å². The number of esters is 1. The Morgan fingerprint density at radius 2 is 1.57 bits per heavy atom. The lowest BCUT2D eigenvalue weighted by molar-refractivity contribution is -0.130. The van der Waals surface area contributed by atoms with Gasteiger partial charge in [0.05, 0.1) is 0 Å². The van der Waals surface area contributed by atoms with E-state index >= 15 is 0 Å². The van der Waals surface area contributed by atoms with Crippen LogP contribution in [0.15, 0.2) is 48.6 Å². The summed E-state index contributed by atoms with van der Waals surface area (Å²) in [6.07, 6.45) is 0. The highest BCUT2D eigenvalue weighted by Crippen LogP contribution is 2.29. The van der Waals surface area contributed by atoms with Crippen molar-refractivity contribution < 1.29 is 27.8 Å². The van der Waals surface area contributed by atoms with Crippen molar-refractivity contribution in [1.29, 1.82) is 0 Å². The van der Waals surface area contributed by atoms with Gasteiger partial charge in [0.2, 0.25) is 0 Å². The van der Waals surface area contributed by atoms with Gasteiger partial charge in [-0.25, -0.2) is 13.6 Å². The van der Waals surface area contributed by atoms with E-state index in [1.54, 1.807) is 0 Å². The molecule has 0 saturated heterocycles. The SMILES string of the molecule is C=C(C)C(=O)Oc1ccc(-c2ccc(OC=O)c(F)c2)cc1F. The summed E-state index contributed by atoms with van der Waals surface area (Å²) in [5.74, 6) is -2.74. The van der Waals surface area contributed by atoms with Crippen LogP contribution in [0.4, 0.5) is 8.78 Å². The molecular formula is C17H12F2O4. The van der Waals surface area contributed by atoms with Crippen molar-refractivity contribution in [3.05, 3.63) is 60.2 Å². The van der Waals surface area contributed by atoms with Crippen LogP contribution in [0, 0.1) is 11.6 Å². The Morgan fingerprint density at radius 1 is 1.04 bits per heavy atom. The van der Waals surface area contributed by atoms with Crippen molar-refractivity contribution in [3.63, 3.8) is 0 Å². The molecule has 0 heterocycles. The average molecular weight is 318 g/mol. The number of rotatable bonds is 5. The van der Waals surface area contributed by atoms with Crippen molar-refractivity contribution in [2.45, 2.75) is 6.92 Å². The van der Waals surface area contributed by atoms with Crippen LogP contribution >= 0.6 is 0 Å². The topological polar surface area (TPSA) is 52.6 Å². The molecule has 0 radical (unpaired) electrons. The molecule has 23 heavy (non-hydrogen) atoms. The third kappa shape index (κ3) is 3.79. The first-order valence-electron chi connectivity index (χ1n) is 6.50. The lowest BCUT2D eigenvalue weighted by Crippen LogP contribution is -2.09. The Balaban J connectivity index is 2.29. The highest BCUT2D eigenvalue weighted by atomic mass is 19.1. The number of carbonyl (C=O) groups is 2. The molecule has 0 aliphatic rings. The zero-order valence-electron chi connectivity index (χ0n) is 12.1. The Hall–Kier alpha value is -3.02. The van der Waals surface area contributed by atoms with E-state index in [1.807, 2.05) is 0 Å². The summed E-state index contributed by atoms with van der Waals surface area (Å²) in [5, 5.41) is 0. The van der Waals surface area contributed by atoms with Gasteiger partial charge in [-0.3, -0.25) is 4.79 Å². The monoisotopic (exact) mass is 318 g/mol. The summed E-state index contributed by atoms with van der Waals surface area (Å²) in [6.45, 7) is 4.96. The largest absolute Gasteiger partial charge is 0.426 e. The lowest BCUT2D eigenvalue weighted by atomic mass is 10.0. The number of ether oxygens (including phenoxy) is 2. The predicted octanol–water partition coefficient (Wildman–Crippen LogP) is 3.65. The molecule has 6 heteroatoms. The van der Waals surface area contributed by atoms with Crippen molar-refractivity contribution in [3.8, 4) is 22.6 Å². The Morgan fingerprint density at radius 3 is 2.00 bits per heavy atom. The molecule has 0 amide bonds. The first kappa shape index (κ1) is 16.4. The molecule has 0 atom stereocenters. The number of hydrogen-bond donors (Lipinski definition) is 0. The second kappa shape index (κ2) is 6.83. The minimum atomic E-state index is -0.772. The maximum Gasteiger partial charge on any atom is 0.338 e. The van der Waals surface area contributed by atoms with Gasteiger partial charge in [0.15, 0.2) is 23.1 Å². The van der Waals surface area contributed by atoms with Gasteiger partial charge in [-0.1, -0.05) is 18.7 Å². The molecule has 0 aliphatic carbocycles. The fourth-order valence-electron chi connectivity index (χ4n) is 1.78. The van der Waals surface area contributed by atoms with Gasteiger partial charge in [0, 0.05) is 5.57 Å². The van der Waals surface area contributed by atoms with Gasteiger partial charge in [0.1, 0.15) is 0 Å². The summed E-state index contributed by atoms with van der Waals surface area (Å²) in [7, 11) is 0. The molecule has 2 aromatic carbocycles. The molecule has 0 N–H and O–H groups in total. The highest BCUT2D eigenvalue weighted by Gasteiger charge is 2.12. The summed E-state index contributed by atoms with van der Waals surface area (Å²) < 4.78 is 37.0. The molecule has 0 spiro atoms. The van der Waals surface area contributed by atoms with E-state index in [2.05, 4.69) is 11.3 Å². The molecule has 0 fully saturated rings. The van der Waals surface area contributed by atoms with Crippen LogP contribution in [0.2, 0.25) is 0 Å². The van der Waals surface area contributed by atoms with Crippen LogP contribution in [-0.4, -0.2) is 12.4 Å². The summed E-state index contributed by atoms with van der Waals surface area (Å²) >= 11 is 0. The summed E-state index contributed by atoms with van der Waals surface area (Å²) in [6, 6.07) is 7.67. The third-order valence-electron chi connectivity index (χ3n) is 2.92. The van der Waals surface area contributed by atoms with Gasteiger partial charge in [-0.2, -0.15) is 0 Å². The second-order valence-electron chi connectivity index (χ2n) is 4.67. The minimum Gasteiger partial charge on any atom is -0.426 e. The fourth-order valence-corrected chi connectivity index (χ4v) is 1.78. The van der Waals surface area contributed by atoms with Gasteiger partial charge in [-0.05, 0) is 42.3 Å². The van der Waals surface area contributed by atoms with Gasteiger partial charge in [0.25, 0.3) is 6.47 Å². The molecule has 118 valence electrons. The Bertz CT molecular complexity index is 784. The molecule has 0 saturated carbocycles. The van der Waals surface area contributed by atoms with E-state index < -0.39 is 17.6 Å². The normalized spacial score (nSPS) is 10.0. The number of hydrogen-bond acceptors (Lipinski definition) is 4. The Kier molecular flexibility index (Phi) is 4.85. The quantitative estimate of drug-likeness (QED) is 0.365. The summed E-state index contributed by atoms with van der Waals surface area (Å²) in [4.78, 5) is 21.6. The first-order chi connectivity index (χ1) is 10.9. The zero-order chi connectivity index (χ0) is 17.0. The smallest absolute Gasteiger partial charge is 0.338 e. The van der Waals surface area contributed by atoms with Crippen molar-refractivity contribution in [2.75, 3.05) is 0 Å². The molecule has 0 unspecified atom stereocenters. The van der Waals surface area contributed by atoms with Crippen molar-refractivity contribution in [1.82, 2.24) is 0 Å². The van der Waals surface area contributed by atoms with E-state index in [-0.39, 0.29) is 23.5 Å². The summed E-state index contributed by atoms with van der Waals surface area (Å²) in [5.41, 5.74) is 0.882. The molecule has 4 nitrogen and oxygen atoms in total. The van der Waals surface area contributed by atoms with Crippen molar-refractivity contribution >= 4 is 12.4 Å². The third-order valence-corrected chi connectivity index (χ3v) is 2.92. The second-order valence-corrected chi connectivity index (χ2v) is 4.67. The maximum absolute atomic E-state index is 14.0. The number of benzene rings is 2. The molecule has 0 bridgehead atoms. The van der Waals surface area contributed by atoms with E-state index in [0.717, 1.165) is 12.1 Å². The number of halogens is 2. The maximum atomic E-state index is 14.0. The average Bonchev–Trinajstić information content (AvgIpc) is 2.51. The van der Waals surface area contributed by atoms with Gasteiger partial charge >= 0.3 is 5.97 Å². The van der Waals surface area contributed by atoms with Crippen LogP contribution in [0.5, 0.6) is 11.5 Å². The highest BCUT2D eigenvalue weighted by molar-refractivity contribution is 5.88. The van der Waals surface area contributed by atoms with E-state index in [9.17, 15) is 18.4 Å². The van der Waals surface area contributed by atoms with Crippen LogP contribution in [0.1, 0.15) is 6.92 Å². The molecule has 0 aliphatic heterocycles. The first-order valence-corrected chi connectivity index (χ1v) is 6.50. The minimum absolute atomic E-state index is 0.114. The zero-order valence-corrected chi connectivity index (χ0v) is 12.1. The molecular weight excluding hydrogens is 306 g/mol. The van der Waals surface area contributed by atoms with Crippen LogP contribution < -0.4 is 9.47 Å². The van der Waals surface area contributed by atoms with Crippen LogP contribution in [0.25, 0.3) is 11.1 Å². The predicted molar refractivity (Wildman–Crippen MR) is 78.9 cm³/mol. The van der Waals surface area contributed by atoms with Gasteiger partial charge in [-0.15, -0.1) is 0 Å². The van der Waals surface area contributed by atoms with E-state index in [0.29, 0.717) is 11.1 Å². The standard InChI is InChI=1S/C17H12F2O4/c1-10(2)17(21)23-16-6-4-12(8-14(16)19)11-3-5-15(22-9-20)13(18)7-11/h3-9H,1H2,2H3. The van der Waals surface area contributed by atoms with Crippen LogP contribution in [-0.2, 0) is 9.59 Å². The Labute approximate surface area is 131 Å². The van der Waals surface area contributed by atoms with E-state index in [4.69, 9.17) is 4.74 Å². The van der Waals surface area contributed by atoms with E-state index in [1.165, 1.54) is 31.2 Å². The van der Waals surface area contributed by atoms with Crippen molar-refractivity contribution in [2.24, 2.45) is 0 Å². The lowest BCUT2D eigenvalue weighted by Gasteiger charge is -2.08. The molecule has 2 rings (SSSR count). The molecule has 2 aromatic rings.